The molecule has 0 radical (unpaired) electrons. The standard InChI is InChI=1S/C25H27F3/c1-2-3-16-4-6-18(7-5-16)22-12-13-23(25(28)24(22)27)19-9-8-17-10-11-21(26)15-20(17)14-19/h9-13,15-16,18H,2-8,14H2,1H3. The smallest absolute Gasteiger partial charge is 0.166 e. The highest BCUT2D eigenvalue weighted by Crippen LogP contribution is 2.40. The van der Waals surface area contributed by atoms with Crippen LogP contribution in [0.1, 0.15) is 73.6 Å². The minimum Gasteiger partial charge on any atom is -0.207 e. The molecule has 0 N–H and O–H groups in total. The minimum absolute atomic E-state index is 0.117. The molecule has 1 fully saturated rings. The van der Waals surface area contributed by atoms with Crippen molar-refractivity contribution in [1.82, 2.24) is 0 Å². The Hall–Kier alpha value is -2.03. The van der Waals surface area contributed by atoms with Crippen LogP contribution in [0.5, 0.6) is 0 Å². The number of halogens is 3. The van der Waals surface area contributed by atoms with Crippen molar-refractivity contribution in [3.63, 3.8) is 0 Å². The van der Waals surface area contributed by atoms with Gasteiger partial charge in [0, 0.05) is 5.56 Å². The molecule has 4 rings (SSSR count). The molecule has 2 aromatic rings. The SMILES string of the molecule is CCCC1CCC(c2ccc(C3=CCc4ccc(F)cc4C3)c(F)c2F)CC1. The summed E-state index contributed by atoms with van der Waals surface area (Å²) < 4.78 is 43.5. The molecule has 0 unspecified atom stereocenters. The van der Waals surface area contributed by atoms with E-state index >= 15 is 0 Å². The molecule has 28 heavy (non-hydrogen) atoms. The first kappa shape index (κ1) is 19.3. The number of hydrogen-bond acceptors (Lipinski definition) is 0. The highest BCUT2D eigenvalue weighted by atomic mass is 19.2. The van der Waals surface area contributed by atoms with E-state index in [-0.39, 0.29) is 11.7 Å². The first-order valence-corrected chi connectivity index (χ1v) is 10.5. The van der Waals surface area contributed by atoms with Crippen LogP contribution in [0.2, 0.25) is 0 Å². The van der Waals surface area contributed by atoms with Gasteiger partial charge in [-0.3, -0.25) is 0 Å². The van der Waals surface area contributed by atoms with Gasteiger partial charge in [0.2, 0.25) is 0 Å². The fraction of sp³-hybridized carbons (Fsp3) is 0.440. The summed E-state index contributed by atoms with van der Waals surface area (Å²) in [6.07, 6.45) is 9.51. The summed E-state index contributed by atoms with van der Waals surface area (Å²) in [7, 11) is 0. The van der Waals surface area contributed by atoms with Gasteiger partial charge in [-0.15, -0.1) is 0 Å². The largest absolute Gasteiger partial charge is 0.207 e. The summed E-state index contributed by atoms with van der Waals surface area (Å²) in [5, 5.41) is 0. The summed E-state index contributed by atoms with van der Waals surface area (Å²) in [6, 6.07) is 8.22. The summed E-state index contributed by atoms with van der Waals surface area (Å²) in [6.45, 7) is 2.20. The molecule has 0 amide bonds. The van der Waals surface area contributed by atoms with E-state index in [9.17, 15) is 13.2 Å². The van der Waals surface area contributed by atoms with E-state index in [2.05, 4.69) is 6.92 Å². The van der Waals surface area contributed by atoms with E-state index in [4.69, 9.17) is 0 Å². The van der Waals surface area contributed by atoms with Crippen LogP contribution in [0.3, 0.4) is 0 Å². The van der Waals surface area contributed by atoms with Crippen molar-refractivity contribution in [2.75, 3.05) is 0 Å². The molecule has 0 aromatic heterocycles. The van der Waals surface area contributed by atoms with Gasteiger partial charge in [0.15, 0.2) is 11.6 Å². The average Bonchev–Trinajstić information content (AvgIpc) is 2.70. The monoisotopic (exact) mass is 384 g/mol. The van der Waals surface area contributed by atoms with Gasteiger partial charge < -0.3 is 0 Å². The lowest BCUT2D eigenvalue weighted by Crippen LogP contribution is -2.15. The Balaban J connectivity index is 1.55. The number of hydrogen-bond donors (Lipinski definition) is 0. The van der Waals surface area contributed by atoms with Gasteiger partial charge in [-0.2, -0.15) is 0 Å². The van der Waals surface area contributed by atoms with Crippen LogP contribution in [-0.2, 0) is 12.8 Å². The van der Waals surface area contributed by atoms with Crippen LogP contribution in [0.4, 0.5) is 13.2 Å². The van der Waals surface area contributed by atoms with E-state index in [1.807, 2.05) is 6.08 Å². The maximum absolute atomic E-state index is 15.0. The maximum Gasteiger partial charge on any atom is 0.166 e. The molecule has 0 nitrogen and oxygen atoms in total. The van der Waals surface area contributed by atoms with E-state index in [0.717, 1.165) is 48.3 Å². The third-order valence-corrected chi connectivity index (χ3v) is 6.56. The van der Waals surface area contributed by atoms with Crippen LogP contribution in [-0.4, -0.2) is 0 Å². The fourth-order valence-corrected chi connectivity index (χ4v) is 4.97. The van der Waals surface area contributed by atoms with Crippen molar-refractivity contribution in [3.05, 3.63) is 76.1 Å². The van der Waals surface area contributed by atoms with Crippen molar-refractivity contribution in [3.8, 4) is 0 Å². The van der Waals surface area contributed by atoms with E-state index in [1.54, 1.807) is 18.2 Å². The van der Waals surface area contributed by atoms with E-state index in [0.29, 0.717) is 24.0 Å². The van der Waals surface area contributed by atoms with E-state index in [1.165, 1.54) is 25.0 Å². The van der Waals surface area contributed by atoms with Gasteiger partial charge in [-0.25, -0.2) is 13.2 Å². The Bertz CT molecular complexity index is 889. The predicted octanol–water partition coefficient (Wildman–Crippen LogP) is 7.36. The molecule has 2 aromatic carbocycles. The van der Waals surface area contributed by atoms with Crippen molar-refractivity contribution < 1.29 is 13.2 Å². The predicted molar refractivity (Wildman–Crippen MR) is 108 cm³/mol. The van der Waals surface area contributed by atoms with Crippen LogP contribution >= 0.6 is 0 Å². The second-order valence-electron chi connectivity index (χ2n) is 8.36. The molecular weight excluding hydrogens is 357 g/mol. The lowest BCUT2D eigenvalue weighted by molar-refractivity contribution is 0.303. The Labute approximate surface area is 165 Å². The first-order valence-electron chi connectivity index (χ1n) is 10.5. The molecule has 1 saturated carbocycles. The fourth-order valence-electron chi connectivity index (χ4n) is 4.97. The van der Waals surface area contributed by atoms with Gasteiger partial charge in [0.25, 0.3) is 0 Å². The quantitative estimate of drug-likeness (QED) is 0.516. The van der Waals surface area contributed by atoms with Crippen LogP contribution < -0.4 is 0 Å². The van der Waals surface area contributed by atoms with Gasteiger partial charge >= 0.3 is 0 Å². The molecule has 0 spiro atoms. The highest BCUT2D eigenvalue weighted by molar-refractivity contribution is 5.71. The molecule has 0 aliphatic heterocycles. The van der Waals surface area contributed by atoms with Gasteiger partial charge in [0.05, 0.1) is 0 Å². The molecule has 0 saturated heterocycles. The summed E-state index contributed by atoms with van der Waals surface area (Å²) in [4.78, 5) is 0. The van der Waals surface area contributed by atoms with Crippen molar-refractivity contribution in [2.45, 2.75) is 64.2 Å². The number of fused-ring (bicyclic) bond motifs is 1. The first-order chi connectivity index (χ1) is 13.6. The Morgan fingerprint density at radius 2 is 1.68 bits per heavy atom. The molecular formula is C25H27F3. The molecule has 2 aliphatic carbocycles. The zero-order chi connectivity index (χ0) is 19.7. The summed E-state index contributed by atoms with van der Waals surface area (Å²) >= 11 is 0. The number of allylic oxidation sites excluding steroid dienone is 2. The summed E-state index contributed by atoms with van der Waals surface area (Å²) in [5.41, 5.74) is 3.49. The molecule has 3 heteroatoms. The summed E-state index contributed by atoms with van der Waals surface area (Å²) in [5.74, 6) is -0.879. The van der Waals surface area contributed by atoms with Crippen molar-refractivity contribution in [2.24, 2.45) is 5.92 Å². The molecule has 2 aliphatic rings. The molecule has 0 bridgehead atoms. The molecule has 0 atom stereocenters. The third-order valence-electron chi connectivity index (χ3n) is 6.56. The Morgan fingerprint density at radius 1 is 0.893 bits per heavy atom. The second kappa shape index (κ2) is 8.14. The van der Waals surface area contributed by atoms with Crippen molar-refractivity contribution in [1.29, 1.82) is 0 Å². The third kappa shape index (κ3) is 3.76. The number of benzene rings is 2. The Morgan fingerprint density at radius 3 is 2.43 bits per heavy atom. The van der Waals surface area contributed by atoms with Crippen LogP contribution in [0.25, 0.3) is 5.57 Å². The molecule has 0 heterocycles. The lowest BCUT2D eigenvalue weighted by Gasteiger charge is -2.29. The normalized spacial score (nSPS) is 21.9. The lowest BCUT2D eigenvalue weighted by atomic mass is 9.76. The maximum atomic E-state index is 15.0. The number of rotatable bonds is 4. The van der Waals surface area contributed by atoms with Gasteiger partial charge in [0.1, 0.15) is 5.82 Å². The second-order valence-corrected chi connectivity index (χ2v) is 8.36. The van der Waals surface area contributed by atoms with Crippen LogP contribution in [0.15, 0.2) is 36.4 Å². The zero-order valence-electron chi connectivity index (χ0n) is 16.4. The van der Waals surface area contributed by atoms with Gasteiger partial charge in [-0.05, 0) is 84.8 Å². The van der Waals surface area contributed by atoms with E-state index < -0.39 is 11.6 Å². The topological polar surface area (TPSA) is 0 Å². The van der Waals surface area contributed by atoms with Crippen LogP contribution in [0, 0.1) is 23.4 Å². The zero-order valence-corrected chi connectivity index (χ0v) is 16.4. The van der Waals surface area contributed by atoms with Gasteiger partial charge in [-0.1, -0.05) is 44.0 Å². The highest BCUT2D eigenvalue weighted by Gasteiger charge is 2.27. The average molecular weight is 384 g/mol. The Kier molecular flexibility index (Phi) is 5.61. The molecule has 148 valence electrons. The minimum atomic E-state index is -0.751. The van der Waals surface area contributed by atoms with Crippen molar-refractivity contribution >= 4 is 5.57 Å².